The minimum Gasteiger partial charge on any atom is -0.337 e. The number of carbonyl (C=O) groups excluding carboxylic acids is 1. The van der Waals surface area contributed by atoms with Crippen LogP contribution >= 0.6 is 11.8 Å². The molecule has 2 heterocycles. The molecule has 3 aromatic rings. The summed E-state index contributed by atoms with van der Waals surface area (Å²) in [4.78, 5) is 34.0. The van der Waals surface area contributed by atoms with E-state index in [1.165, 1.54) is 30.5 Å². The van der Waals surface area contributed by atoms with E-state index < -0.39 is 11.4 Å². The van der Waals surface area contributed by atoms with Gasteiger partial charge in [0.25, 0.3) is 11.5 Å². The lowest BCUT2D eigenvalue weighted by molar-refractivity contribution is 0.0793. The van der Waals surface area contributed by atoms with Crippen molar-refractivity contribution >= 4 is 46.2 Å². The van der Waals surface area contributed by atoms with Gasteiger partial charge in [0.1, 0.15) is 11.5 Å². The Morgan fingerprint density at radius 2 is 2.03 bits per heavy atom. The normalized spacial score (nSPS) is 16.9. The molecule has 1 aliphatic heterocycles. The van der Waals surface area contributed by atoms with Crippen molar-refractivity contribution < 1.29 is 9.18 Å². The summed E-state index contributed by atoms with van der Waals surface area (Å²) in [6.07, 6.45) is 4.45. The highest BCUT2D eigenvalue weighted by Crippen LogP contribution is 2.22. The van der Waals surface area contributed by atoms with Crippen molar-refractivity contribution in [2.45, 2.75) is 11.7 Å². The number of pyridine rings is 1. The van der Waals surface area contributed by atoms with Crippen LogP contribution in [0.2, 0.25) is 0 Å². The SMILES string of the molecule is CSC1CCN(C(=O)c2ccc(N=CC(=NN)c3cc4cc(F)ccc4[nH]c3=O)cc2)C1. The standard InChI is InChI=1S/C23H22FN5O2S/c1-32-18-8-9-29(13-18)23(31)14-2-5-17(6-3-14)26-12-21(28-25)19-11-15-10-16(24)4-7-20(15)27-22(19)30/h2-7,10-12,18H,8-9,13,25H2,1H3,(H,27,30). The van der Waals surface area contributed by atoms with E-state index >= 15 is 0 Å². The maximum atomic E-state index is 13.5. The highest BCUT2D eigenvalue weighted by molar-refractivity contribution is 7.99. The molecule has 4 rings (SSSR count). The fourth-order valence-corrected chi connectivity index (χ4v) is 4.32. The summed E-state index contributed by atoms with van der Waals surface area (Å²) in [5.74, 6) is 5.08. The lowest BCUT2D eigenvalue weighted by Gasteiger charge is -2.16. The number of hydrogen-bond acceptors (Lipinski definition) is 6. The summed E-state index contributed by atoms with van der Waals surface area (Å²) in [6.45, 7) is 1.53. The van der Waals surface area contributed by atoms with Crippen LogP contribution in [0.25, 0.3) is 10.9 Å². The molecule has 3 N–H and O–H groups in total. The van der Waals surface area contributed by atoms with E-state index in [2.05, 4.69) is 21.3 Å². The van der Waals surface area contributed by atoms with Crippen LogP contribution in [0.1, 0.15) is 22.3 Å². The molecule has 1 unspecified atom stereocenters. The fraction of sp³-hybridized carbons (Fsp3) is 0.217. The second-order valence-electron chi connectivity index (χ2n) is 7.46. The van der Waals surface area contributed by atoms with E-state index in [4.69, 9.17) is 5.84 Å². The Morgan fingerprint density at radius 1 is 1.25 bits per heavy atom. The second-order valence-corrected chi connectivity index (χ2v) is 8.60. The first kappa shape index (κ1) is 21.8. The minimum absolute atomic E-state index is 0.0104. The van der Waals surface area contributed by atoms with Crippen LogP contribution in [0.3, 0.4) is 0 Å². The number of nitrogens with zero attached hydrogens (tertiary/aromatic N) is 3. The quantitative estimate of drug-likeness (QED) is 0.353. The number of amides is 1. The number of nitrogens with two attached hydrogens (primary N) is 1. The van der Waals surface area contributed by atoms with Gasteiger partial charge in [-0.2, -0.15) is 16.9 Å². The molecule has 32 heavy (non-hydrogen) atoms. The predicted octanol–water partition coefficient (Wildman–Crippen LogP) is 3.31. The van der Waals surface area contributed by atoms with Gasteiger partial charge in [-0.1, -0.05) is 0 Å². The van der Waals surface area contributed by atoms with Crippen molar-refractivity contribution in [1.29, 1.82) is 0 Å². The molecule has 1 amide bonds. The average Bonchev–Trinajstić information content (AvgIpc) is 3.29. The first-order valence-corrected chi connectivity index (χ1v) is 11.3. The van der Waals surface area contributed by atoms with Crippen LogP contribution in [0.15, 0.2) is 63.4 Å². The number of hydrazone groups is 1. The number of benzene rings is 2. The smallest absolute Gasteiger partial charge is 0.258 e. The number of nitrogens with one attached hydrogen (secondary N) is 1. The van der Waals surface area contributed by atoms with Crippen LogP contribution < -0.4 is 11.4 Å². The van der Waals surface area contributed by atoms with Crippen molar-refractivity contribution in [3.63, 3.8) is 0 Å². The molecule has 0 bridgehead atoms. The van der Waals surface area contributed by atoms with Gasteiger partial charge in [-0.05, 0) is 61.2 Å². The van der Waals surface area contributed by atoms with Crippen molar-refractivity contribution in [1.82, 2.24) is 9.88 Å². The van der Waals surface area contributed by atoms with Crippen LogP contribution in [0.5, 0.6) is 0 Å². The number of halogens is 1. The molecule has 0 aliphatic carbocycles. The van der Waals surface area contributed by atoms with E-state index in [-0.39, 0.29) is 17.2 Å². The topological polar surface area (TPSA) is 104 Å². The minimum atomic E-state index is -0.414. The van der Waals surface area contributed by atoms with Crippen LogP contribution in [-0.2, 0) is 0 Å². The molecule has 0 radical (unpaired) electrons. The third-order valence-electron chi connectivity index (χ3n) is 5.44. The van der Waals surface area contributed by atoms with Crippen molar-refractivity contribution in [2.75, 3.05) is 19.3 Å². The lowest BCUT2D eigenvalue weighted by Crippen LogP contribution is -2.28. The third kappa shape index (κ3) is 4.57. The molecule has 1 atom stereocenters. The number of hydrogen-bond donors (Lipinski definition) is 2. The molecule has 1 fully saturated rings. The van der Waals surface area contributed by atoms with E-state index in [0.717, 1.165) is 19.5 Å². The maximum absolute atomic E-state index is 13.5. The van der Waals surface area contributed by atoms with E-state index in [1.54, 1.807) is 36.0 Å². The first-order valence-electron chi connectivity index (χ1n) is 10.1. The number of aliphatic imine (C=N–C) groups is 1. The van der Waals surface area contributed by atoms with Gasteiger partial charge in [0, 0.05) is 34.8 Å². The Labute approximate surface area is 188 Å². The van der Waals surface area contributed by atoms with Gasteiger partial charge in [0.05, 0.1) is 17.5 Å². The molecule has 7 nitrogen and oxygen atoms in total. The fourth-order valence-electron chi connectivity index (χ4n) is 3.65. The Morgan fingerprint density at radius 3 is 2.72 bits per heavy atom. The molecule has 164 valence electrons. The van der Waals surface area contributed by atoms with Gasteiger partial charge in [-0.15, -0.1) is 0 Å². The number of fused-ring (bicyclic) bond motifs is 1. The number of rotatable bonds is 5. The number of likely N-dealkylation sites (tertiary alicyclic amines) is 1. The summed E-state index contributed by atoms with van der Waals surface area (Å²) in [7, 11) is 0. The predicted molar refractivity (Wildman–Crippen MR) is 128 cm³/mol. The summed E-state index contributed by atoms with van der Waals surface area (Å²) < 4.78 is 13.5. The van der Waals surface area contributed by atoms with Gasteiger partial charge in [-0.3, -0.25) is 14.6 Å². The largest absolute Gasteiger partial charge is 0.337 e. The van der Waals surface area contributed by atoms with Crippen molar-refractivity contribution in [3.8, 4) is 0 Å². The summed E-state index contributed by atoms with van der Waals surface area (Å²) in [6, 6.07) is 12.5. The Bertz CT molecular complexity index is 1270. The summed E-state index contributed by atoms with van der Waals surface area (Å²) in [5, 5.41) is 4.68. The summed E-state index contributed by atoms with van der Waals surface area (Å²) >= 11 is 1.79. The zero-order valence-electron chi connectivity index (χ0n) is 17.4. The van der Waals surface area contributed by atoms with Crippen LogP contribution in [0, 0.1) is 5.82 Å². The van der Waals surface area contributed by atoms with E-state index in [9.17, 15) is 14.0 Å². The zero-order chi connectivity index (χ0) is 22.7. The second kappa shape index (κ2) is 9.35. The Hall–Kier alpha value is -3.46. The highest BCUT2D eigenvalue weighted by Gasteiger charge is 2.26. The molecule has 1 saturated heterocycles. The summed E-state index contributed by atoms with van der Waals surface area (Å²) in [5.41, 5.74) is 1.61. The Kier molecular flexibility index (Phi) is 6.36. The van der Waals surface area contributed by atoms with Crippen LogP contribution in [-0.4, -0.2) is 52.3 Å². The molecular weight excluding hydrogens is 429 g/mol. The van der Waals surface area contributed by atoms with E-state index in [1.807, 2.05) is 4.90 Å². The third-order valence-corrected chi connectivity index (χ3v) is 6.49. The number of carbonyl (C=O) groups is 1. The Balaban J connectivity index is 1.52. The molecular formula is C23H22FN5O2S. The molecule has 0 saturated carbocycles. The molecule has 1 aromatic heterocycles. The molecule has 0 spiro atoms. The number of aromatic nitrogens is 1. The molecule has 2 aromatic carbocycles. The molecule has 1 aliphatic rings. The lowest BCUT2D eigenvalue weighted by atomic mass is 10.1. The first-order chi connectivity index (χ1) is 15.5. The average molecular weight is 452 g/mol. The van der Waals surface area contributed by atoms with E-state index in [0.29, 0.717) is 27.4 Å². The van der Waals surface area contributed by atoms with Gasteiger partial charge < -0.3 is 15.7 Å². The monoisotopic (exact) mass is 451 g/mol. The van der Waals surface area contributed by atoms with Crippen LogP contribution in [0.4, 0.5) is 10.1 Å². The van der Waals surface area contributed by atoms with Gasteiger partial charge in [0.15, 0.2) is 0 Å². The maximum Gasteiger partial charge on any atom is 0.258 e. The number of thioether (sulfide) groups is 1. The number of H-pyrrole nitrogens is 1. The zero-order valence-corrected chi connectivity index (χ0v) is 18.2. The molecule has 9 heteroatoms. The highest BCUT2D eigenvalue weighted by atomic mass is 32.2. The van der Waals surface area contributed by atoms with Crippen molar-refractivity contribution in [3.05, 3.63) is 75.8 Å². The van der Waals surface area contributed by atoms with Crippen molar-refractivity contribution in [2.24, 2.45) is 15.9 Å². The number of aromatic amines is 1. The van der Waals surface area contributed by atoms with Gasteiger partial charge in [0.2, 0.25) is 0 Å². The van der Waals surface area contributed by atoms with Gasteiger partial charge >= 0.3 is 0 Å². The van der Waals surface area contributed by atoms with Gasteiger partial charge in [-0.25, -0.2) is 4.39 Å².